The zero-order valence-electron chi connectivity index (χ0n) is 11.6. The van der Waals surface area contributed by atoms with Crippen LogP contribution in [-0.2, 0) is 17.9 Å². The third-order valence-corrected chi connectivity index (χ3v) is 2.77. The van der Waals surface area contributed by atoms with Gasteiger partial charge in [0.15, 0.2) is 0 Å². The van der Waals surface area contributed by atoms with Gasteiger partial charge in [-0.15, -0.1) is 0 Å². The van der Waals surface area contributed by atoms with Crippen LogP contribution in [0.2, 0.25) is 0 Å². The molecule has 2 aromatic heterocycles. The smallest absolute Gasteiger partial charge is 0.129 e. The Morgan fingerprint density at radius 3 is 3.00 bits per heavy atom. The number of furan rings is 1. The number of hydrogen-bond donors (Lipinski definition) is 2. The zero-order chi connectivity index (χ0) is 14.2. The van der Waals surface area contributed by atoms with E-state index < -0.39 is 6.10 Å². The van der Waals surface area contributed by atoms with Crippen LogP contribution in [0.4, 0.5) is 0 Å². The number of aryl methyl sites for hydroxylation is 1. The predicted octanol–water partition coefficient (Wildman–Crippen LogP) is 1.65. The van der Waals surface area contributed by atoms with Gasteiger partial charge in [-0.3, -0.25) is 4.98 Å². The molecule has 0 bridgehead atoms. The van der Waals surface area contributed by atoms with Crippen molar-refractivity contribution >= 4 is 0 Å². The normalized spacial score (nSPS) is 12.5. The van der Waals surface area contributed by atoms with Gasteiger partial charge < -0.3 is 19.6 Å². The summed E-state index contributed by atoms with van der Waals surface area (Å²) in [6.07, 6.45) is 1.06. The van der Waals surface area contributed by atoms with Crippen LogP contribution < -0.4 is 5.32 Å². The molecular weight excluding hydrogens is 256 g/mol. The van der Waals surface area contributed by atoms with Crippen molar-refractivity contribution in [2.24, 2.45) is 0 Å². The van der Waals surface area contributed by atoms with Gasteiger partial charge in [-0.05, 0) is 31.2 Å². The molecule has 0 aliphatic carbocycles. The monoisotopic (exact) mass is 276 g/mol. The molecule has 0 aliphatic rings. The molecule has 5 heteroatoms. The Labute approximate surface area is 118 Å². The van der Waals surface area contributed by atoms with E-state index in [2.05, 4.69) is 10.3 Å². The molecule has 2 heterocycles. The van der Waals surface area contributed by atoms with Crippen molar-refractivity contribution in [3.05, 3.63) is 53.7 Å². The fourth-order valence-electron chi connectivity index (χ4n) is 1.81. The van der Waals surface area contributed by atoms with Crippen LogP contribution in [0, 0.1) is 6.92 Å². The zero-order valence-corrected chi connectivity index (χ0v) is 11.6. The minimum Gasteiger partial charge on any atom is -0.467 e. The van der Waals surface area contributed by atoms with Gasteiger partial charge in [-0.2, -0.15) is 0 Å². The molecule has 0 aliphatic heterocycles. The van der Waals surface area contributed by atoms with Crippen LogP contribution in [0.3, 0.4) is 0 Å². The van der Waals surface area contributed by atoms with Crippen molar-refractivity contribution in [1.29, 1.82) is 0 Å². The lowest BCUT2D eigenvalue weighted by molar-refractivity contribution is 0.0225. The molecule has 2 N–H and O–H groups in total. The van der Waals surface area contributed by atoms with Crippen LogP contribution in [0.1, 0.15) is 17.1 Å². The van der Waals surface area contributed by atoms with Crippen LogP contribution in [0.25, 0.3) is 0 Å². The second-order valence-corrected chi connectivity index (χ2v) is 4.65. The summed E-state index contributed by atoms with van der Waals surface area (Å²) in [5.74, 6) is 0.758. The van der Waals surface area contributed by atoms with Crippen molar-refractivity contribution in [2.75, 3.05) is 13.2 Å². The van der Waals surface area contributed by atoms with E-state index >= 15 is 0 Å². The molecule has 1 unspecified atom stereocenters. The quantitative estimate of drug-likeness (QED) is 0.767. The lowest BCUT2D eigenvalue weighted by Gasteiger charge is -2.11. The SMILES string of the molecule is Cc1cccc(CNCC(O)COCc2ccco2)n1. The van der Waals surface area contributed by atoms with Gasteiger partial charge in [-0.25, -0.2) is 0 Å². The average Bonchev–Trinajstić information content (AvgIpc) is 2.92. The van der Waals surface area contributed by atoms with Crippen LogP contribution in [0.5, 0.6) is 0 Å². The highest BCUT2D eigenvalue weighted by molar-refractivity contribution is 5.09. The summed E-state index contributed by atoms with van der Waals surface area (Å²) in [7, 11) is 0. The Hall–Kier alpha value is -1.69. The van der Waals surface area contributed by atoms with E-state index in [4.69, 9.17) is 9.15 Å². The van der Waals surface area contributed by atoms with E-state index in [0.717, 1.165) is 17.1 Å². The molecule has 0 saturated heterocycles. The van der Waals surface area contributed by atoms with E-state index in [0.29, 0.717) is 19.7 Å². The first-order valence-electron chi connectivity index (χ1n) is 6.65. The Morgan fingerprint density at radius 2 is 2.25 bits per heavy atom. The number of aliphatic hydroxyl groups excluding tert-OH is 1. The van der Waals surface area contributed by atoms with Gasteiger partial charge in [0.25, 0.3) is 0 Å². The molecule has 2 rings (SSSR count). The second-order valence-electron chi connectivity index (χ2n) is 4.65. The number of ether oxygens (including phenoxy) is 1. The van der Waals surface area contributed by atoms with Crippen molar-refractivity contribution < 1.29 is 14.3 Å². The van der Waals surface area contributed by atoms with Gasteiger partial charge >= 0.3 is 0 Å². The maximum absolute atomic E-state index is 9.77. The average molecular weight is 276 g/mol. The van der Waals surface area contributed by atoms with E-state index in [1.54, 1.807) is 6.26 Å². The van der Waals surface area contributed by atoms with Gasteiger partial charge in [0, 0.05) is 18.8 Å². The van der Waals surface area contributed by atoms with Crippen molar-refractivity contribution in [1.82, 2.24) is 10.3 Å². The fourth-order valence-corrected chi connectivity index (χ4v) is 1.81. The molecule has 1 atom stereocenters. The Bertz CT molecular complexity index is 500. The van der Waals surface area contributed by atoms with Crippen LogP contribution >= 0.6 is 0 Å². The molecule has 5 nitrogen and oxygen atoms in total. The standard InChI is InChI=1S/C15H20N2O3/c1-12-4-2-5-13(17-12)8-16-9-14(18)10-19-11-15-6-3-7-20-15/h2-7,14,16,18H,8-11H2,1H3. The predicted molar refractivity (Wildman–Crippen MR) is 75.1 cm³/mol. The first kappa shape index (κ1) is 14.7. The van der Waals surface area contributed by atoms with Gasteiger partial charge in [0.2, 0.25) is 0 Å². The molecule has 2 aromatic rings. The summed E-state index contributed by atoms with van der Waals surface area (Å²) in [5, 5.41) is 12.9. The molecule has 0 spiro atoms. The second kappa shape index (κ2) is 7.79. The minimum atomic E-state index is -0.547. The third kappa shape index (κ3) is 5.13. The molecule has 0 radical (unpaired) electrons. The highest BCUT2D eigenvalue weighted by atomic mass is 16.5. The van der Waals surface area contributed by atoms with Crippen molar-refractivity contribution in [3.63, 3.8) is 0 Å². The number of nitrogens with zero attached hydrogens (tertiary/aromatic N) is 1. The number of nitrogens with one attached hydrogen (secondary N) is 1. The van der Waals surface area contributed by atoms with Crippen LogP contribution in [0.15, 0.2) is 41.0 Å². The molecule has 108 valence electrons. The molecular formula is C15H20N2O3. The Balaban J connectivity index is 1.59. The molecule has 20 heavy (non-hydrogen) atoms. The highest BCUT2D eigenvalue weighted by Gasteiger charge is 2.05. The van der Waals surface area contributed by atoms with Crippen molar-refractivity contribution in [3.8, 4) is 0 Å². The Kier molecular flexibility index (Phi) is 5.73. The first-order chi connectivity index (χ1) is 9.74. The molecule has 0 fully saturated rings. The topological polar surface area (TPSA) is 67.5 Å². The lowest BCUT2D eigenvalue weighted by atomic mass is 10.3. The summed E-state index contributed by atoms with van der Waals surface area (Å²) < 4.78 is 10.5. The molecule has 0 aromatic carbocycles. The van der Waals surface area contributed by atoms with Gasteiger partial charge in [0.05, 0.1) is 24.7 Å². The van der Waals surface area contributed by atoms with E-state index in [1.807, 2.05) is 37.3 Å². The summed E-state index contributed by atoms with van der Waals surface area (Å²) in [6.45, 7) is 3.71. The number of aliphatic hydroxyl groups is 1. The summed E-state index contributed by atoms with van der Waals surface area (Å²) in [5.41, 5.74) is 1.96. The summed E-state index contributed by atoms with van der Waals surface area (Å²) in [4.78, 5) is 4.38. The summed E-state index contributed by atoms with van der Waals surface area (Å²) >= 11 is 0. The number of aromatic nitrogens is 1. The van der Waals surface area contributed by atoms with Gasteiger partial charge in [-0.1, -0.05) is 6.07 Å². The van der Waals surface area contributed by atoms with Gasteiger partial charge in [0.1, 0.15) is 12.4 Å². The number of rotatable bonds is 8. The molecule has 0 saturated carbocycles. The van der Waals surface area contributed by atoms with E-state index in [1.165, 1.54) is 0 Å². The van der Waals surface area contributed by atoms with E-state index in [-0.39, 0.29) is 6.61 Å². The first-order valence-corrected chi connectivity index (χ1v) is 6.65. The van der Waals surface area contributed by atoms with Crippen molar-refractivity contribution in [2.45, 2.75) is 26.2 Å². The highest BCUT2D eigenvalue weighted by Crippen LogP contribution is 2.02. The lowest BCUT2D eigenvalue weighted by Crippen LogP contribution is -2.30. The van der Waals surface area contributed by atoms with E-state index in [9.17, 15) is 5.11 Å². The maximum Gasteiger partial charge on any atom is 0.129 e. The molecule has 0 amide bonds. The number of hydrogen-bond acceptors (Lipinski definition) is 5. The Morgan fingerprint density at radius 1 is 1.35 bits per heavy atom. The minimum absolute atomic E-state index is 0.273. The third-order valence-electron chi connectivity index (χ3n) is 2.77. The largest absolute Gasteiger partial charge is 0.467 e. The maximum atomic E-state index is 9.77. The van der Waals surface area contributed by atoms with Crippen LogP contribution in [-0.4, -0.2) is 29.3 Å². The fraction of sp³-hybridized carbons (Fsp3) is 0.400. The summed E-state index contributed by atoms with van der Waals surface area (Å²) in [6, 6.07) is 9.54. The number of pyridine rings is 1.